The van der Waals surface area contributed by atoms with Gasteiger partial charge in [0.05, 0.1) is 0 Å². The summed E-state index contributed by atoms with van der Waals surface area (Å²) in [6.07, 6.45) is 7.16. The summed E-state index contributed by atoms with van der Waals surface area (Å²) < 4.78 is 65.3. The molecule has 0 saturated carbocycles. The molecule has 0 fully saturated rings. The minimum absolute atomic E-state index is 0.272. The lowest BCUT2D eigenvalue weighted by Crippen LogP contribution is -2.27. The molecule has 0 radical (unpaired) electrons. The average molecular weight is 405 g/mol. The number of halogens is 3. The predicted molar refractivity (Wildman–Crippen MR) is 93.3 cm³/mol. The molecule has 0 atom stereocenters. The second-order valence-electron chi connectivity index (χ2n) is 6.70. The van der Waals surface area contributed by atoms with Crippen LogP contribution in [0.5, 0.6) is 0 Å². The molecule has 10 heteroatoms. The highest BCUT2D eigenvalue weighted by molar-refractivity contribution is 7.91. The maximum atomic E-state index is 12.1. The SMILES string of the molecule is CO[Si](C)(C)CCCCCCCCCC/C([O-])=N\S(=O)(=O)C(F)(F)F. The fraction of sp³-hybridized carbons (Fsp3) is 0.933. The second-order valence-corrected chi connectivity index (χ2v) is 12.7. The van der Waals surface area contributed by atoms with E-state index >= 15 is 0 Å². The number of rotatable bonds is 13. The normalized spacial score (nSPS) is 14.1. The Bertz CT molecular complexity index is 507. The Morgan fingerprint density at radius 2 is 1.44 bits per heavy atom. The summed E-state index contributed by atoms with van der Waals surface area (Å²) in [5.41, 5.74) is -5.51. The third-order valence-corrected chi connectivity index (χ3v) is 7.68. The van der Waals surface area contributed by atoms with Crippen molar-refractivity contribution in [2.75, 3.05) is 7.11 Å². The maximum Gasteiger partial charge on any atom is 0.518 e. The van der Waals surface area contributed by atoms with Crippen LogP contribution in [0.4, 0.5) is 13.2 Å². The van der Waals surface area contributed by atoms with Gasteiger partial charge in [0.1, 0.15) is 0 Å². The highest BCUT2D eigenvalue weighted by Gasteiger charge is 2.45. The Hall–Kier alpha value is -0.613. The van der Waals surface area contributed by atoms with Crippen LogP contribution in [0, 0.1) is 0 Å². The molecular formula is C15H29F3NO4SSi-. The summed E-state index contributed by atoms with van der Waals surface area (Å²) in [6.45, 7) is 4.39. The Morgan fingerprint density at radius 3 is 1.88 bits per heavy atom. The van der Waals surface area contributed by atoms with Crippen molar-refractivity contribution in [3.8, 4) is 0 Å². The van der Waals surface area contributed by atoms with Crippen LogP contribution >= 0.6 is 0 Å². The van der Waals surface area contributed by atoms with Gasteiger partial charge in [-0.3, -0.25) is 0 Å². The van der Waals surface area contributed by atoms with Crippen molar-refractivity contribution < 1.29 is 31.1 Å². The van der Waals surface area contributed by atoms with Crippen LogP contribution in [0.2, 0.25) is 19.1 Å². The lowest BCUT2D eigenvalue weighted by atomic mass is 10.1. The second kappa shape index (κ2) is 11.2. The van der Waals surface area contributed by atoms with Gasteiger partial charge < -0.3 is 9.53 Å². The van der Waals surface area contributed by atoms with Gasteiger partial charge in [0.15, 0.2) is 8.32 Å². The van der Waals surface area contributed by atoms with Crippen molar-refractivity contribution in [1.82, 2.24) is 0 Å². The molecule has 5 nitrogen and oxygen atoms in total. The third-order valence-electron chi connectivity index (χ3n) is 3.99. The zero-order chi connectivity index (χ0) is 19.6. The number of hydrogen-bond acceptors (Lipinski definition) is 4. The lowest BCUT2D eigenvalue weighted by molar-refractivity contribution is -0.218. The first kappa shape index (κ1) is 24.4. The zero-order valence-electron chi connectivity index (χ0n) is 15.2. The van der Waals surface area contributed by atoms with Crippen LogP contribution in [0.3, 0.4) is 0 Å². The predicted octanol–water partition coefficient (Wildman–Crippen LogP) is 3.96. The number of alkyl halides is 3. The van der Waals surface area contributed by atoms with E-state index in [9.17, 15) is 26.7 Å². The molecule has 25 heavy (non-hydrogen) atoms. The van der Waals surface area contributed by atoms with Crippen molar-refractivity contribution in [3.63, 3.8) is 0 Å². The van der Waals surface area contributed by atoms with Gasteiger partial charge in [0.25, 0.3) is 0 Å². The summed E-state index contributed by atoms with van der Waals surface area (Å²) in [5, 5.41) is 11.2. The van der Waals surface area contributed by atoms with E-state index in [0.717, 1.165) is 44.6 Å². The molecule has 0 heterocycles. The molecule has 0 N–H and O–H groups in total. The summed E-state index contributed by atoms with van der Waals surface area (Å²) >= 11 is 0. The summed E-state index contributed by atoms with van der Waals surface area (Å²) in [4.78, 5) is 0. The monoisotopic (exact) mass is 404 g/mol. The molecule has 0 spiro atoms. The Labute approximate surface area is 149 Å². The highest BCUT2D eigenvalue weighted by Crippen LogP contribution is 2.24. The van der Waals surface area contributed by atoms with E-state index in [4.69, 9.17) is 4.43 Å². The molecule has 0 amide bonds. The van der Waals surface area contributed by atoms with E-state index in [1.54, 1.807) is 7.11 Å². The largest absolute Gasteiger partial charge is 0.861 e. The quantitative estimate of drug-likeness (QED) is 0.201. The molecule has 0 aliphatic carbocycles. The number of nitrogens with zero attached hydrogens (tertiary/aromatic N) is 1. The van der Waals surface area contributed by atoms with Gasteiger partial charge >= 0.3 is 15.5 Å². The standard InChI is InChI=1S/C15H30F3NO4SSi/c1-23-25(2,3)13-11-9-7-5-4-6-8-10-12-14(20)19-24(21,22)15(16,17)18/h4-13H2,1-3H3,(H,19,20)/p-1. The van der Waals surface area contributed by atoms with Crippen LogP contribution in [0.1, 0.15) is 57.8 Å². The summed E-state index contributed by atoms with van der Waals surface area (Å²) in [5.74, 6) is -1.23. The van der Waals surface area contributed by atoms with Gasteiger partial charge in [-0.25, -0.2) is 0 Å². The van der Waals surface area contributed by atoms with Crippen LogP contribution in [0.25, 0.3) is 0 Å². The summed E-state index contributed by atoms with van der Waals surface area (Å²) in [7, 11) is -5.39. The lowest BCUT2D eigenvalue weighted by Gasteiger charge is -2.19. The van der Waals surface area contributed by atoms with Gasteiger partial charge in [0.2, 0.25) is 0 Å². The first-order valence-corrected chi connectivity index (χ1v) is 13.1. The molecule has 0 aromatic rings. The number of sulfonamides is 1. The van der Waals surface area contributed by atoms with E-state index < -0.39 is 29.7 Å². The molecule has 0 aromatic heterocycles. The van der Waals surface area contributed by atoms with Crippen molar-refractivity contribution in [1.29, 1.82) is 0 Å². The minimum Gasteiger partial charge on any atom is -0.861 e. The zero-order valence-corrected chi connectivity index (χ0v) is 17.0. The molecule has 0 aliphatic rings. The van der Waals surface area contributed by atoms with E-state index in [-0.39, 0.29) is 6.42 Å². The Morgan fingerprint density at radius 1 is 1.00 bits per heavy atom. The van der Waals surface area contributed by atoms with E-state index in [1.807, 2.05) is 0 Å². The van der Waals surface area contributed by atoms with Crippen LogP contribution < -0.4 is 5.11 Å². The third kappa shape index (κ3) is 11.6. The molecule has 0 saturated heterocycles. The van der Waals surface area contributed by atoms with Gasteiger partial charge in [-0.2, -0.15) is 26.0 Å². The molecule has 0 aromatic carbocycles. The molecule has 0 unspecified atom stereocenters. The van der Waals surface area contributed by atoms with Crippen molar-refractivity contribution in [3.05, 3.63) is 0 Å². The first-order valence-electron chi connectivity index (χ1n) is 8.53. The van der Waals surface area contributed by atoms with Crippen LogP contribution in [-0.2, 0) is 14.4 Å². The van der Waals surface area contributed by atoms with Gasteiger partial charge in [0, 0.05) is 7.11 Å². The number of hydrogen-bond donors (Lipinski definition) is 0. The first-order chi connectivity index (χ1) is 11.4. The maximum absolute atomic E-state index is 12.1. The molecular weight excluding hydrogens is 375 g/mol. The van der Waals surface area contributed by atoms with Gasteiger partial charge in [-0.05, 0) is 37.9 Å². The van der Waals surface area contributed by atoms with Crippen LogP contribution in [0.15, 0.2) is 4.40 Å². The average Bonchev–Trinajstić information content (AvgIpc) is 2.47. The fourth-order valence-electron chi connectivity index (χ4n) is 2.22. The van der Waals surface area contributed by atoms with Gasteiger partial charge in [-0.15, -0.1) is 0 Å². The van der Waals surface area contributed by atoms with Gasteiger partial charge in [-0.1, -0.05) is 44.9 Å². The summed E-state index contributed by atoms with van der Waals surface area (Å²) in [6, 6.07) is 1.15. The Kier molecular flexibility index (Phi) is 10.9. The van der Waals surface area contributed by atoms with Crippen molar-refractivity contribution in [2.45, 2.75) is 82.4 Å². The molecule has 0 bridgehead atoms. The molecule has 0 rings (SSSR count). The fourth-order valence-corrected chi connectivity index (χ4v) is 3.99. The topological polar surface area (TPSA) is 78.8 Å². The van der Waals surface area contributed by atoms with E-state index in [0.29, 0.717) is 12.8 Å². The van der Waals surface area contributed by atoms with E-state index in [1.165, 1.54) is 0 Å². The number of unbranched alkanes of at least 4 members (excludes halogenated alkanes) is 7. The smallest absolute Gasteiger partial charge is 0.518 e. The Balaban J connectivity index is 3.71. The van der Waals surface area contributed by atoms with Crippen molar-refractivity contribution in [2.24, 2.45) is 4.40 Å². The molecule has 0 aliphatic heterocycles. The minimum atomic E-state index is -5.70. The highest BCUT2D eigenvalue weighted by atomic mass is 32.2. The van der Waals surface area contributed by atoms with Crippen LogP contribution in [-0.4, -0.2) is 35.3 Å². The molecule has 150 valence electrons. The van der Waals surface area contributed by atoms with E-state index in [2.05, 4.69) is 17.5 Å². The van der Waals surface area contributed by atoms with Crippen molar-refractivity contribution >= 4 is 24.2 Å².